The molecule has 2 heterocycles. The average molecular weight is 453 g/mol. The minimum Gasteiger partial charge on any atom is -0.495 e. The molecule has 32 heavy (non-hydrogen) atoms. The Morgan fingerprint density at radius 1 is 1.12 bits per heavy atom. The number of nitrogens with one attached hydrogen (secondary N) is 1. The molecule has 1 fully saturated rings. The van der Waals surface area contributed by atoms with Gasteiger partial charge in [-0.3, -0.25) is 9.59 Å². The third-order valence-electron chi connectivity index (χ3n) is 5.81. The summed E-state index contributed by atoms with van der Waals surface area (Å²) in [5.41, 5.74) is 2.78. The number of benzene rings is 2. The number of anilines is 1. The summed E-state index contributed by atoms with van der Waals surface area (Å²) < 4.78 is 7.01. The van der Waals surface area contributed by atoms with E-state index in [-0.39, 0.29) is 17.7 Å². The summed E-state index contributed by atoms with van der Waals surface area (Å²) in [4.78, 5) is 27.6. The molecule has 4 rings (SSSR count). The zero-order chi connectivity index (χ0) is 22.7. The van der Waals surface area contributed by atoms with E-state index in [9.17, 15) is 9.59 Å². The molecular formula is C24H25ClN4O3. The maximum absolute atomic E-state index is 13.1. The minimum absolute atomic E-state index is 0.0495. The van der Waals surface area contributed by atoms with Crippen LogP contribution in [0.2, 0.25) is 5.02 Å². The lowest BCUT2D eigenvalue weighted by molar-refractivity contribution is -0.121. The van der Waals surface area contributed by atoms with Crippen molar-refractivity contribution in [3.05, 3.63) is 71.0 Å². The van der Waals surface area contributed by atoms with Crippen molar-refractivity contribution in [2.45, 2.75) is 19.8 Å². The lowest BCUT2D eigenvalue weighted by Gasteiger charge is -2.31. The van der Waals surface area contributed by atoms with Crippen LogP contribution in [0.4, 0.5) is 5.69 Å². The number of amides is 2. The first-order valence-corrected chi connectivity index (χ1v) is 10.9. The van der Waals surface area contributed by atoms with Gasteiger partial charge in [0.2, 0.25) is 5.91 Å². The zero-order valence-corrected chi connectivity index (χ0v) is 18.8. The fourth-order valence-corrected chi connectivity index (χ4v) is 4.17. The van der Waals surface area contributed by atoms with Crippen molar-refractivity contribution < 1.29 is 14.3 Å². The SMILES string of the molecule is COc1ccccc1NC(=O)C1CCN(C(=O)c2cnn(-c3cccc(Cl)c3)c2C)CC1. The molecule has 0 unspecified atom stereocenters. The molecule has 0 radical (unpaired) electrons. The highest BCUT2D eigenvalue weighted by Gasteiger charge is 2.29. The maximum atomic E-state index is 13.1. The largest absolute Gasteiger partial charge is 0.495 e. The topological polar surface area (TPSA) is 76.5 Å². The Hall–Kier alpha value is -3.32. The molecule has 0 bridgehead atoms. The highest BCUT2D eigenvalue weighted by Crippen LogP contribution is 2.27. The highest BCUT2D eigenvalue weighted by atomic mass is 35.5. The number of rotatable bonds is 5. The van der Waals surface area contributed by atoms with E-state index >= 15 is 0 Å². The second-order valence-corrected chi connectivity index (χ2v) is 8.23. The first-order chi connectivity index (χ1) is 15.5. The molecule has 0 atom stereocenters. The number of hydrogen-bond acceptors (Lipinski definition) is 4. The summed E-state index contributed by atoms with van der Waals surface area (Å²) in [6.07, 6.45) is 2.81. The van der Waals surface area contributed by atoms with Gasteiger partial charge in [-0.25, -0.2) is 4.68 Å². The molecule has 1 aliphatic rings. The van der Waals surface area contributed by atoms with Crippen molar-refractivity contribution >= 4 is 29.1 Å². The standard InChI is InChI=1S/C24H25ClN4O3/c1-16-20(15-26-29(16)19-7-5-6-18(25)14-19)24(31)28-12-10-17(11-13-28)23(30)27-21-8-3-4-9-22(21)32-2/h3-9,14-15,17H,10-13H2,1-2H3,(H,27,30). The Bertz CT molecular complexity index is 1140. The summed E-state index contributed by atoms with van der Waals surface area (Å²) in [7, 11) is 1.58. The van der Waals surface area contributed by atoms with Crippen molar-refractivity contribution in [2.75, 3.05) is 25.5 Å². The van der Waals surface area contributed by atoms with Crippen LogP contribution in [0.1, 0.15) is 28.9 Å². The smallest absolute Gasteiger partial charge is 0.257 e. The number of methoxy groups -OCH3 is 1. The number of carbonyl (C=O) groups excluding carboxylic acids is 2. The number of aromatic nitrogens is 2. The molecule has 1 aliphatic heterocycles. The van der Waals surface area contributed by atoms with Gasteiger partial charge in [-0.05, 0) is 50.1 Å². The Morgan fingerprint density at radius 3 is 2.59 bits per heavy atom. The van der Waals surface area contributed by atoms with E-state index < -0.39 is 0 Å². The van der Waals surface area contributed by atoms with Crippen LogP contribution in [0.25, 0.3) is 5.69 Å². The van der Waals surface area contributed by atoms with Crippen molar-refractivity contribution in [3.8, 4) is 11.4 Å². The van der Waals surface area contributed by atoms with Crippen LogP contribution < -0.4 is 10.1 Å². The van der Waals surface area contributed by atoms with E-state index in [0.29, 0.717) is 48.0 Å². The van der Waals surface area contributed by atoms with Crippen LogP contribution >= 0.6 is 11.6 Å². The van der Waals surface area contributed by atoms with Gasteiger partial charge < -0.3 is 15.0 Å². The van der Waals surface area contributed by atoms with Gasteiger partial charge in [0.1, 0.15) is 5.75 Å². The molecule has 1 saturated heterocycles. The average Bonchev–Trinajstić information content (AvgIpc) is 3.20. The van der Waals surface area contributed by atoms with E-state index in [0.717, 1.165) is 11.4 Å². The van der Waals surface area contributed by atoms with Crippen LogP contribution in [0.3, 0.4) is 0 Å². The quantitative estimate of drug-likeness (QED) is 0.625. The Morgan fingerprint density at radius 2 is 1.88 bits per heavy atom. The molecular weight excluding hydrogens is 428 g/mol. The molecule has 7 nitrogen and oxygen atoms in total. The van der Waals surface area contributed by atoms with Crippen LogP contribution in [0.15, 0.2) is 54.7 Å². The lowest BCUT2D eigenvalue weighted by Crippen LogP contribution is -2.41. The van der Waals surface area contributed by atoms with Gasteiger partial charge in [-0.2, -0.15) is 5.10 Å². The third-order valence-corrected chi connectivity index (χ3v) is 6.05. The molecule has 1 aromatic heterocycles. The van der Waals surface area contributed by atoms with Gasteiger partial charge in [0.15, 0.2) is 0 Å². The number of carbonyl (C=O) groups is 2. The molecule has 2 amide bonds. The van der Waals surface area contributed by atoms with Gasteiger partial charge >= 0.3 is 0 Å². The molecule has 166 valence electrons. The summed E-state index contributed by atoms with van der Waals surface area (Å²) >= 11 is 6.09. The minimum atomic E-state index is -0.153. The highest BCUT2D eigenvalue weighted by molar-refractivity contribution is 6.30. The zero-order valence-electron chi connectivity index (χ0n) is 18.0. The van der Waals surface area contributed by atoms with Gasteiger partial charge in [0.05, 0.1) is 35.9 Å². The summed E-state index contributed by atoms with van der Waals surface area (Å²) in [6.45, 7) is 2.91. The second-order valence-electron chi connectivity index (χ2n) is 7.79. The van der Waals surface area contributed by atoms with Crippen LogP contribution in [-0.4, -0.2) is 46.7 Å². The number of halogens is 1. The Balaban J connectivity index is 1.39. The van der Waals surface area contributed by atoms with Crippen LogP contribution in [0, 0.1) is 12.8 Å². The third kappa shape index (κ3) is 4.48. The molecule has 0 spiro atoms. The van der Waals surface area contributed by atoms with E-state index in [1.165, 1.54) is 0 Å². The van der Waals surface area contributed by atoms with Crippen LogP contribution in [0.5, 0.6) is 5.75 Å². The summed E-state index contributed by atoms with van der Waals surface area (Å²) in [5, 5.41) is 7.94. The summed E-state index contributed by atoms with van der Waals surface area (Å²) in [6, 6.07) is 14.7. The predicted octanol–water partition coefficient (Wildman–Crippen LogP) is 4.33. The summed E-state index contributed by atoms with van der Waals surface area (Å²) in [5.74, 6) is 0.353. The second kappa shape index (κ2) is 9.44. The predicted molar refractivity (Wildman–Crippen MR) is 124 cm³/mol. The van der Waals surface area contributed by atoms with Crippen molar-refractivity contribution in [1.29, 1.82) is 0 Å². The van der Waals surface area contributed by atoms with Crippen LogP contribution in [-0.2, 0) is 4.79 Å². The van der Waals surface area contributed by atoms with Crippen molar-refractivity contribution in [1.82, 2.24) is 14.7 Å². The van der Waals surface area contributed by atoms with E-state index in [2.05, 4.69) is 10.4 Å². The molecule has 8 heteroatoms. The van der Waals surface area contributed by atoms with Gasteiger partial charge in [0.25, 0.3) is 5.91 Å². The monoisotopic (exact) mass is 452 g/mol. The maximum Gasteiger partial charge on any atom is 0.257 e. The van der Waals surface area contributed by atoms with E-state index in [4.69, 9.17) is 16.3 Å². The Kier molecular flexibility index (Phi) is 6.46. The van der Waals surface area contributed by atoms with E-state index in [1.54, 1.807) is 29.0 Å². The first kappa shape index (κ1) is 21.9. The number of nitrogens with zero attached hydrogens (tertiary/aromatic N) is 3. The first-order valence-electron chi connectivity index (χ1n) is 10.5. The normalized spacial score (nSPS) is 14.3. The number of likely N-dealkylation sites (tertiary alicyclic amines) is 1. The van der Waals surface area contributed by atoms with Crippen molar-refractivity contribution in [3.63, 3.8) is 0 Å². The molecule has 3 aromatic rings. The number of para-hydroxylation sites is 2. The molecule has 2 aromatic carbocycles. The lowest BCUT2D eigenvalue weighted by atomic mass is 9.95. The fraction of sp³-hybridized carbons (Fsp3) is 0.292. The molecule has 0 saturated carbocycles. The Labute approximate surface area is 191 Å². The molecule has 1 N–H and O–H groups in total. The fourth-order valence-electron chi connectivity index (χ4n) is 3.99. The van der Waals surface area contributed by atoms with Gasteiger partial charge in [-0.15, -0.1) is 0 Å². The number of hydrogen-bond donors (Lipinski definition) is 1. The number of ether oxygens (including phenoxy) is 1. The van der Waals surface area contributed by atoms with Gasteiger partial charge in [0, 0.05) is 24.0 Å². The number of piperidine rings is 1. The van der Waals surface area contributed by atoms with Crippen molar-refractivity contribution in [2.24, 2.45) is 5.92 Å². The van der Waals surface area contributed by atoms with E-state index in [1.807, 2.05) is 49.4 Å². The molecule has 0 aliphatic carbocycles. The van der Waals surface area contributed by atoms with Gasteiger partial charge in [-0.1, -0.05) is 29.8 Å².